The number of benzene rings is 1. The Morgan fingerprint density at radius 3 is 2.66 bits per heavy atom. The number of hydrogen-bond acceptors (Lipinski definition) is 5. The van der Waals surface area contributed by atoms with E-state index in [1.165, 1.54) is 0 Å². The molecule has 0 bridgehead atoms. The zero-order chi connectivity index (χ0) is 21.1. The van der Waals surface area contributed by atoms with Crippen LogP contribution >= 0.6 is 11.3 Å². The number of para-hydroxylation sites is 1. The Balaban J connectivity index is 1.64. The molecule has 5 nitrogen and oxygen atoms in total. The highest BCUT2D eigenvalue weighted by Gasteiger charge is 2.38. The second-order valence-corrected chi connectivity index (χ2v) is 9.95. The van der Waals surface area contributed by atoms with E-state index in [-0.39, 0.29) is 5.91 Å². The molecule has 1 aromatic heterocycles. The van der Waals surface area contributed by atoms with E-state index in [9.17, 15) is 9.90 Å². The molecule has 29 heavy (non-hydrogen) atoms. The second kappa shape index (κ2) is 8.84. The maximum Gasteiger partial charge on any atom is 0.227 e. The number of carbonyl (C=O) groups excluding carboxylic acids is 1. The Kier molecular flexibility index (Phi) is 6.64. The van der Waals surface area contributed by atoms with E-state index in [0.29, 0.717) is 32.5 Å². The molecule has 1 N–H and O–H groups in total. The normalized spacial score (nSPS) is 20.4. The van der Waals surface area contributed by atoms with Gasteiger partial charge in [-0.05, 0) is 31.9 Å². The standard InChI is InChI=1S/C23H32N2O3S/c1-17-19(11-16-28-18-9-6-5-7-10-18)29-20(24-17)23(27)12-8-14-25(15-13-23)21(26)22(2,3)4/h5-7,9-10,27H,8,11-16H2,1-4H3. The van der Waals surface area contributed by atoms with Gasteiger partial charge in [0, 0.05) is 36.2 Å². The van der Waals surface area contributed by atoms with Crippen molar-refractivity contribution in [2.45, 2.75) is 59.0 Å². The number of carbonyl (C=O) groups is 1. The van der Waals surface area contributed by atoms with Crippen LogP contribution in [0.15, 0.2) is 30.3 Å². The topological polar surface area (TPSA) is 62.7 Å². The predicted octanol–water partition coefficient (Wildman–Crippen LogP) is 4.32. The van der Waals surface area contributed by atoms with E-state index in [1.807, 2.05) is 62.9 Å². The van der Waals surface area contributed by atoms with E-state index in [4.69, 9.17) is 9.72 Å². The van der Waals surface area contributed by atoms with E-state index in [1.54, 1.807) is 11.3 Å². The van der Waals surface area contributed by atoms with Gasteiger partial charge in [0.05, 0.1) is 12.3 Å². The Hall–Kier alpha value is -1.92. The summed E-state index contributed by atoms with van der Waals surface area (Å²) >= 11 is 1.58. The maximum atomic E-state index is 12.6. The van der Waals surface area contributed by atoms with Crippen molar-refractivity contribution in [1.82, 2.24) is 9.88 Å². The average molecular weight is 417 g/mol. The number of nitrogens with zero attached hydrogens (tertiary/aromatic N) is 2. The molecule has 3 rings (SSSR count). The van der Waals surface area contributed by atoms with Crippen molar-refractivity contribution in [3.05, 3.63) is 45.9 Å². The van der Waals surface area contributed by atoms with Crippen molar-refractivity contribution >= 4 is 17.2 Å². The highest BCUT2D eigenvalue weighted by atomic mass is 32.1. The molecule has 6 heteroatoms. The second-order valence-electron chi connectivity index (χ2n) is 8.87. The van der Waals surface area contributed by atoms with E-state index >= 15 is 0 Å². The number of aliphatic hydroxyl groups is 1. The third-order valence-corrected chi connectivity index (χ3v) is 6.78. The van der Waals surface area contributed by atoms with E-state index in [2.05, 4.69) is 0 Å². The summed E-state index contributed by atoms with van der Waals surface area (Å²) in [5, 5.41) is 12.1. The van der Waals surface area contributed by atoms with Gasteiger partial charge < -0.3 is 14.7 Å². The number of rotatable bonds is 5. The quantitative estimate of drug-likeness (QED) is 0.788. The predicted molar refractivity (Wildman–Crippen MR) is 116 cm³/mol. The van der Waals surface area contributed by atoms with Gasteiger partial charge in [-0.3, -0.25) is 4.79 Å². The van der Waals surface area contributed by atoms with Gasteiger partial charge in [0.2, 0.25) is 5.91 Å². The lowest BCUT2D eigenvalue weighted by molar-refractivity contribution is -0.139. The lowest BCUT2D eigenvalue weighted by atomic mass is 9.94. The molecule has 1 aromatic carbocycles. The molecule has 0 aliphatic carbocycles. The van der Waals surface area contributed by atoms with Crippen molar-refractivity contribution in [3.63, 3.8) is 0 Å². The van der Waals surface area contributed by atoms with Gasteiger partial charge in [-0.2, -0.15) is 0 Å². The molecule has 0 saturated carbocycles. The van der Waals surface area contributed by atoms with Gasteiger partial charge in [-0.25, -0.2) is 4.98 Å². The van der Waals surface area contributed by atoms with Gasteiger partial charge in [-0.1, -0.05) is 39.0 Å². The molecule has 1 fully saturated rings. The molecule has 1 atom stereocenters. The summed E-state index contributed by atoms with van der Waals surface area (Å²) in [4.78, 5) is 20.4. The third kappa shape index (κ3) is 5.37. The van der Waals surface area contributed by atoms with Gasteiger partial charge >= 0.3 is 0 Å². The van der Waals surface area contributed by atoms with Crippen LogP contribution < -0.4 is 4.74 Å². The van der Waals surface area contributed by atoms with Crippen LogP contribution in [0.3, 0.4) is 0 Å². The lowest BCUT2D eigenvalue weighted by Gasteiger charge is -2.29. The summed E-state index contributed by atoms with van der Waals surface area (Å²) in [6.07, 6.45) is 2.71. The molecular weight excluding hydrogens is 384 g/mol. The van der Waals surface area contributed by atoms with Crippen LogP contribution in [-0.4, -0.2) is 40.6 Å². The molecule has 1 amide bonds. The number of aromatic nitrogens is 1. The van der Waals surface area contributed by atoms with Crippen LogP contribution in [0.2, 0.25) is 0 Å². The van der Waals surface area contributed by atoms with Crippen LogP contribution in [0.5, 0.6) is 5.75 Å². The smallest absolute Gasteiger partial charge is 0.227 e. The van der Waals surface area contributed by atoms with Crippen LogP contribution in [-0.2, 0) is 16.8 Å². The van der Waals surface area contributed by atoms with Gasteiger partial charge in [-0.15, -0.1) is 11.3 Å². The summed E-state index contributed by atoms with van der Waals surface area (Å²) in [5.74, 6) is 1.01. The van der Waals surface area contributed by atoms with E-state index in [0.717, 1.165) is 34.2 Å². The Morgan fingerprint density at radius 2 is 1.97 bits per heavy atom. The first kappa shape index (κ1) is 21.8. The minimum absolute atomic E-state index is 0.149. The fourth-order valence-corrected chi connectivity index (χ4v) is 4.84. The molecule has 1 aliphatic heterocycles. The highest BCUT2D eigenvalue weighted by molar-refractivity contribution is 7.11. The SMILES string of the molecule is Cc1nc(C2(O)CCCN(C(=O)C(C)(C)C)CC2)sc1CCOc1ccccc1. The van der Waals surface area contributed by atoms with Crippen LogP contribution in [0.25, 0.3) is 0 Å². The van der Waals surface area contributed by atoms with Crippen LogP contribution in [0.1, 0.15) is 55.6 Å². The van der Waals surface area contributed by atoms with Crippen molar-refractivity contribution < 1.29 is 14.6 Å². The lowest BCUT2D eigenvalue weighted by Crippen LogP contribution is -2.40. The van der Waals surface area contributed by atoms with Gasteiger partial charge in [0.25, 0.3) is 0 Å². The molecule has 0 radical (unpaired) electrons. The molecule has 0 spiro atoms. The molecule has 1 aliphatic rings. The van der Waals surface area contributed by atoms with Gasteiger partial charge in [0.1, 0.15) is 16.4 Å². The summed E-state index contributed by atoms with van der Waals surface area (Å²) < 4.78 is 5.81. The van der Waals surface area contributed by atoms with Crippen molar-refractivity contribution in [2.75, 3.05) is 19.7 Å². The largest absolute Gasteiger partial charge is 0.493 e. The van der Waals surface area contributed by atoms with Crippen molar-refractivity contribution in [2.24, 2.45) is 5.41 Å². The van der Waals surface area contributed by atoms with E-state index < -0.39 is 11.0 Å². The summed E-state index contributed by atoms with van der Waals surface area (Å²) in [7, 11) is 0. The highest BCUT2D eigenvalue weighted by Crippen LogP contribution is 2.37. The summed E-state index contributed by atoms with van der Waals surface area (Å²) in [5.41, 5.74) is -0.394. The molecule has 2 aromatic rings. The van der Waals surface area contributed by atoms with Crippen LogP contribution in [0.4, 0.5) is 0 Å². The Morgan fingerprint density at radius 1 is 1.24 bits per heavy atom. The Labute approximate surface area is 177 Å². The van der Waals surface area contributed by atoms with Gasteiger partial charge in [0.15, 0.2) is 0 Å². The molecule has 2 heterocycles. The number of ether oxygens (including phenoxy) is 1. The number of aryl methyl sites for hydroxylation is 1. The first-order valence-electron chi connectivity index (χ1n) is 10.4. The molecule has 158 valence electrons. The number of thiazole rings is 1. The maximum absolute atomic E-state index is 12.6. The van der Waals surface area contributed by atoms with Crippen LogP contribution in [0, 0.1) is 12.3 Å². The number of hydrogen-bond donors (Lipinski definition) is 1. The summed E-state index contributed by atoms with van der Waals surface area (Å²) in [6.45, 7) is 9.67. The first-order valence-corrected chi connectivity index (χ1v) is 11.2. The molecule has 1 saturated heterocycles. The number of likely N-dealkylation sites (tertiary alicyclic amines) is 1. The fraction of sp³-hybridized carbons (Fsp3) is 0.565. The third-order valence-electron chi connectivity index (χ3n) is 5.37. The Bertz CT molecular complexity index is 828. The molecular formula is C23H32N2O3S. The minimum atomic E-state index is -0.957. The average Bonchev–Trinajstić information content (AvgIpc) is 2.93. The zero-order valence-corrected chi connectivity index (χ0v) is 18.7. The summed E-state index contributed by atoms with van der Waals surface area (Å²) in [6, 6.07) is 9.78. The first-order chi connectivity index (χ1) is 13.7. The monoisotopic (exact) mass is 416 g/mol. The minimum Gasteiger partial charge on any atom is -0.493 e. The van der Waals surface area contributed by atoms with Crippen molar-refractivity contribution in [3.8, 4) is 5.75 Å². The number of amides is 1. The fourth-order valence-electron chi connectivity index (χ4n) is 3.65. The van der Waals surface area contributed by atoms with Crippen molar-refractivity contribution in [1.29, 1.82) is 0 Å². The molecule has 1 unspecified atom stereocenters. The zero-order valence-electron chi connectivity index (χ0n) is 17.9.